The molecule has 5 atom stereocenters. The van der Waals surface area contributed by atoms with Crippen molar-refractivity contribution in [3.8, 4) is 0 Å². The molecule has 0 aromatic heterocycles. The van der Waals surface area contributed by atoms with Gasteiger partial charge in [-0.25, -0.2) is 0 Å². The van der Waals surface area contributed by atoms with Crippen molar-refractivity contribution < 1.29 is 52.6 Å². The number of nitrogens with one attached hydrogen (secondary N) is 1. The maximum Gasteiger partial charge on any atom is 0.305 e. The molecule has 14 nitrogen and oxygen atoms in total. The van der Waals surface area contributed by atoms with E-state index in [2.05, 4.69) is 5.32 Å². The Morgan fingerprint density at radius 2 is 1.43 bits per heavy atom. The van der Waals surface area contributed by atoms with Crippen molar-refractivity contribution in [3.05, 3.63) is 39.9 Å². The number of nitro groups is 1. The first-order valence-corrected chi connectivity index (χ1v) is 10.2. The number of hydrogen-bond acceptors (Lipinski definition) is 12. The summed E-state index contributed by atoms with van der Waals surface area (Å²) in [6.07, 6.45) is -5.59. The van der Waals surface area contributed by atoms with Gasteiger partial charge in [-0.05, 0) is 12.1 Å². The Morgan fingerprint density at radius 3 is 1.91 bits per heavy atom. The van der Waals surface area contributed by atoms with E-state index in [4.69, 9.17) is 23.7 Å². The van der Waals surface area contributed by atoms with Crippen LogP contribution in [0.3, 0.4) is 0 Å². The number of carbonyl (C=O) groups excluding carboxylic acids is 5. The summed E-state index contributed by atoms with van der Waals surface area (Å²) in [6.45, 7) is 3.89. The van der Waals surface area contributed by atoms with Crippen LogP contribution in [0.1, 0.15) is 38.1 Å². The fourth-order valence-corrected chi connectivity index (χ4v) is 3.29. The maximum atomic E-state index is 12.9. The molecule has 35 heavy (non-hydrogen) atoms. The number of amides is 1. The van der Waals surface area contributed by atoms with Crippen LogP contribution in [0.15, 0.2) is 24.3 Å². The number of hydrogen-bond donors (Lipinski definition) is 1. The second-order valence-corrected chi connectivity index (χ2v) is 7.41. The largest absolute Gasteiger partial charge is 0.463 e. The minimum Gasteiger partial charge on any atom is -0.463 e. The Kier molecular flexibility index (Phi) is 9.22. The van der Waals surface area contributed by atoms with Crippen molar-refractivity contribution in [1.82, 2.24) is 5.32 Å². The molecule has 0 radical (unpaired) electrons. The average molecular weight is 496 g/mol. The SMILES string of the molecule is CC(=O)OC[C@@H]1O[C@H](OC(C)=O)[C@@H](NC(=O)c2ccc([N+](=O)[O-])cc2)[C@@H](OC(C)=O)[C@@H]1OC(C)=O. The lowest BCUT2D eigenvalue weighted by atomic mass is 9.95. The van der Waals surface area contributed by atoms with E-state index in [1.165, 1.54) is 12.1 Å². The van der Waals surface area contributed by atoms with Crippen LogP contribution in [0, 0.1) is 10.1 Å². The molecule has 1 aromatic carbocycles. The standard InChI is InChI=1S/C21H24N2O12/c1-10(24)31-9-16-18(32-11(2)25)19(33-12(3)26)17(21(35-16)34-13(4)27)22-20(28)14-5-7-15(8-6-14)23(29)30/h5-8,16-19,21H,9H2,1-4H3,(H,22,28)/t16-,17-,18+,19+,21-/m0/s1. The molecule has 0 aliphatic carbocycles. The second kappa shape index (κ2) is 11.9. The number of esters is 4. The highest BCUT2D eigenvalue weighted by Gasteiger charge is 2.52. The number of carbonyl (C=O) groups is 5. The van der Waals surface area contributed by atoms with E-state index in [0.29, 0.717) is 0 Å². The predicted octanol–water partition coefficient (Wildman–Crippen LogP) is 0.408. The van der Waals surface area contributed by atoms with Crippen LogP contribution < -0.4 is 5.32 Å². The van der Waals surface area contributed by atoms with Gasteiger partial charge in [0.15, 0.2) is 12.2 Å². The van der Waals surface area contributed by atoms with Gasteiger partial charge in [-0.2, -0.15) is 0 Å². The molecule has 0 unspecified atom stereocenters. The summed E-state index contributed by atoms with van der Waals surface area (Å²) in [6, 6.07) is 3.20. The quantitative estimate of drug-likeness (QED) is 0.226. The fourth-order valence-electron chi connectivity index (χ4n) is 3.29. The first-order valence-electron chi connectivity index (χ1n) is 10.2. The van der Waals surface area contributed by atoms with Crippen LogP contribution in [0.25, 0.3) is 0 Å². The lowest BCUT2D eigenvalue weighted by Gasteiger charge is -2.44. The molecule has 1 aliphatic rings. The van der Waals surface area contributed by atoms with E-state index >= 15 is 0 Å². The van der Waals surface area contributed by atoms with Gasteiger partial charge in [0.2, 0.25) is 6.29 Å². The first kappa shape index (κ1) is 27.2. The van der Waals surface area contributed by atoms with Gasteiger partial charge < -0.3 is 29.0 Å². The fraction of sp³-hybridized carbons (Fsp3) is 0.476. The third-order valence-electron chi connectivity index (χ3n) is 4.62. The van der Waals surface area contributed by atoms with Crippen molar-refractivity contribution >= 4 is 35.5 Å². The minimum absolute atomic E-state index is 0.00942. The van der Waals surface area contributed by atoms with E-state index in [1.54, 1.807) is 0 Å². The van der Waals surface area contributed by atoms with Crippen LogP contribution in [0.2, 0.25) is 0 Å². The van der Waals surface area contributed by atoms with E-state index in [9.17, 15) is 34.1 Å². The summed E-state index contributed by atoms with van der Waals surface area (Å²) in [5.41, 5.74) is -0.258. The topological polar surface area (TPSA) is 187 Å². The normalized spacial score (nSPS) is 23.4. The molecule has 2 rings (SSSR count). The molecule has 14 heteroatoms. The molecular weight excluding hydrogens is 472 g/mol. The Bertz CT molecular complexity index is 993. The van der Waals surface area contributed by atoms with Crippen LogP contribution in [0.5, 0.6) is 0 Å². The molecule has 1 aromatic rings. The third kappa shape index (κ3) is 7.74. The van der Waals surface area contributed by atoms with Crippen molar-refractivity contribution in [2.24, 2.45) is 0 Å². The summed E-state index contributed by atoms with van der Waals surface area (Å²) in [5.74, 6) is -3.91. The molecule has 1 aliphatic heterocycles. The molecule has 1 N–H and O–H groups in total. The summed E-state index contributed by atoms with van der Waals surface area (Å²) >= 11 is 0. The number of non-ortho nitro benzene ring substituents is 1. The monoisotopic (exact) mass is 496 g/mol. The Labute approximate surface area is 198 Å². The predicted molar refractivity (Wildman–Crippen MR) is 113 cm³/mol. The van der Waals surface area contributed by atoms with Gasteiger partial charge in [0.1, 0.15) is 18.8 Å². The van der Waals surface area contributed by atoms with Crippen LogP contribution >= 0.6 is 0 Å². The summed E-state index contributed by atoms with van der Waals surface area (Å²) in [5, 5.41) is 13.4. The highest BCUT2D eigenvalue weighted by atomic mass is 16.7. The first-order chi connectivity index (χ1) is 16.4. The van der Waals surface area contributed by atoms with Crippen molar-refractivity contribution in [3.63, 3.8) is 0 Å². The molecular formula is C21H24N2O12. The van der Waals surface area contributed by atoms with Crippen molar-refractivity contribution in [2.45, 2.75) is 58.3 Å². The number of rotatable bonds is 8. The third-order valence-corrected chi connectivity index (χ3v) is 4.62. The molecule has 190 valence electrons. The summed E-state index contributed by atoms with van der Waals surface area (Å²) in [4.78, 5) is 69.8. The van der Waals surface area contributed by atoms with E-state index in [-0.39, 0.29) is 11.3 Å². The van der Waals surface area contributed by atoms with Gasteiger partial charge in [-0.15, -0.1) is 0 Å². The van der Waals surface area contributed by atoms with Gasteiger partial charge in [-0.1, -0.05) is 0 Å². The Morgan fingerprint density at radius 1 is 0.886 bits per heavy atom. The van der Waals surface area contributed by atoms with Gasteiger partial charge >= 0.3 is 23.9 Å². The van der Waals surface area contributed by atoms with Gasteiger partial charge in [0.05, 0.1) is 4.92 Å². The van der Waals surface area contributed by atoms with Crippen molar-refractivity contribution in [2.75, 3.05) is 6.61 Å². The van der Waals surface area contributed by atoms with E-state index < -0.39 is 72.0 Å². The molecule has 0 bridgehead atoms. The van der Waals surface area contributed by atoms with E-state index in [1.807, 2.05) is 0 Å². The maximum absolute atomic E-state index is 12.9. The summed E-state index contributed by atoms with van der Waals surface area (Å²) < 4.78 is 26.4. The van der Waals surface area contributed by atoms with Crippen LogP contribution in [0.4, 0.5) is 5.69 Å². The molecule has 1 amide bonds. The smallest absolute Gasteiger partial charge is 0.305 e. The molecule has 0 saturated carbocycles. The van der Waals surface area contributed by atoms with Crippen LogP contribution in [-0.4, -0.2) is 72.0 Å². The van der Waals surface area contributed by atoms with Gasteiger partial charge in [0.25, 0.3) is 11.6 Å². The number of benzene rings is 1. The zero-order valence-corrected chi connectivity index (χ0v) is 19.2. The minimum atomic E-state index is -1.55. The number of nitro benzene ring substituents is 1. The zero-order chi connectivity index (χ0) is 26.3. The highest BCUT2D eigenvalue weighted by molar-refractivity contribution is 5.94. The van der Waals surface area contributed by atoms with Gasteiger partial charge in [0, 0.05) is 45.4 Å². The Hall–Kier alpha value is -4.07. The lowest BCUT2D eigenvalue weighted by molar-refractivity contribution is -0.384. The lowest BCUT2D eigenvalue weighted by Crippen LogP contribution is -2.67. The highest BCUT2D eigenvalue weighted by Crippen LogP contribution is 2.28. The molecule has 1 fully saturated rings. The van der Waals surface area contributed by atoms with Gasteiger partial charge in [-0.3, -0.25) is 34.1 Å². The second-order valence-electron chi connectivity index (χ2n) is 7.41. The number of nitrogens with zero attached hydrogens (tertiary/aromatic N) is 1. The number of ether oxygens (including phenoxy) is 5. The van der Waals surface area contributed by atoms with E-state index in [0.717, 1.165) is 39.8 Å². The van der Waals surface area contributed by atoms with Crippen molar-refractivity contribution in [1.29, 1.82) is 0 Å². The molecule has 1 saturated heterocycles. The zero-order valence-electron chi connectivity index (χ0n) is 19.2. The summed E-state index contributed by atoms with van der Waals surface area (Å²) in [7, 11) is 0. The molecule has 1 heterocycles. The molecule has 0 spiro atoms. The average Bonchev–Trinajstić information content (AvgIpc) is 2.75. The Balaban J connectivity index is 2.44. The van der Waals surface area contributed by atoms with Crippen LogP contribution in [-0.2, 0) is 42.9 Å².